The summed E-state index contributed by atoms with van der Waals surface area (Å²) in [5.41, 5.74) is 0. The lowest BCUT2D eigenvalue weighted by Crippen LogP contribution is -2.30. The monoisotopic (exact) mass is 905 g/mol. The highest BCUT2D eigenvalue weighted by molar-refractivity contribution is 5.71. The predicted octanol–water partition coefficient (Wildman–Crippen LogP) is 16.8. The zero-order valence-corrected chi connectivity index (χ0v) is 41.4. The van der Waals surface area contributed by atoms with E-state index in [0.717, 1.165) is 116 Å². The van der Waals surface area contributed by atoms with E-state index in [1.807, 2.05) is 30.4 Å². The molecule has 0 fully saturated rings. The Morgan fingerprint density at radius 2 is 0.652 bits per heavy atom. The van der Waals surface area contributed by atoms with Crippen molar-refractivity contribution in [2.45, 2.75) is 175 Å². The lowest BCUT2D eigenvalue weighted by atomic mass is 10.1. The van der Waals surface area contributed by atoms with Crippen LogP contribution >= 0.6 is 0 Å². The summed E-state index contributed by atoms with van der Waals surface area (Å²) in [6.07, 6.45) is 77.9. The second-order valence-corrected chi connectivity index (χ2v) is 15.6. The molecule has 1 unspecified atom stereocenters. The quantitative estimate of drug-likeness (QED) is 0.0200. The minimum Gasteiger partial charge on any atom is -0.462 e. The van der Waals surface area contributed by atoms with E-state index in [-0.39, 0.29) is 32.0 Å². The van der Waals surface area contributed by atoms with E-state index >= 15 is 0 Å². The molecule has 0 amide bonds. The highest BCUT2D eigenvalue weighted by atomic mass is 16.6. The first-order valence-corrected chi connectivity index (χ1v) is 25.2. The number of ether oxygens (including phenoxy) is 3. The maximum absolute atomic E-state index is 12.8. The van der Waals surface area contributed by atoms with Gasteiger partial charge in [-0.05, 0) is 109 Å². The Balaban J connectivity index is 4.68. The molecule has 0 heterocycles. The van der Waals surface area contributed by atoms with E-state index < -0.39 is 18.0 Å². The van der Waals surface area contributed by atoms with Crippen LogP contribution in [0.3, 0.4) is 0 Å². The molecule has 0 radical (unpaired) electrons. The van der Waals surface area contributed by atoms with Gasteiger partial charge in [-0.3, -0.25) is 14.4 Å². The van der Waals surface area contributed by atoms with Crippen molar-refractivity contribution < 1.29 is 28.6 Å². The molecule has 0 aliphatic carbocycles. The first-order chi connectivity index (χ1) is 32.5. The van der Waals surface area contributed by atoms with E-state index in [1.165, 1.54) is 0 Å². The Morgan fingerprint density at radius 1 is 0.318 bits per heavy atom. The van der Waals surface area contributed by atoms with Gasteiger partial charge in [0.05, 0.1) is 0 Å². The largest absolute Gasteiger partial charge is 0.462 e. The van der Waals surface area contributed by atoms with Crippen molar-refractivity contribution in [1.82, 2.24) is 0 Å². The zero-order valence-electron chi connectivity index (χ0n) is 41.4. The van der Waals surface area contributed by atoms with Gasteiger partial charge >= 0.3 is 17.9 Å². The molecular weight excluding hydrogens is 817 g/mol. The molecule has 0 N–H and O–H groups in total. The lowest BCUT2D eigenvalue weighted by molar-refractivity contribution is -0.166. The maximum Gasteiger partial charge on any atom is 0.306 e. The first-order valence-electron chi connectivity index (χ1n) is 25.2. The summed E-state index contributed by atoms with van der Waals surface area (Å²) < 4.78 is 16.6. The van der Waals surface area contributed by atoms with E-state index in [9.17, 15) is 14.4 Å². The van der Waals surface area contributed by atoms with Crippen LogP contribution in [0.15, 0.2) is 170 Å². The standard InChI is InChI=1S/C60H88O6/c1-4-7-10-13-16-19-22-25-27-29-30-31-33-35-38-41-44-47-50-53-59(62)65-56-57(55-64-58(61)52-49-46-43-40-37-34-24-21-18-15-12-9-6-3)66-60(63)54-51-48-45-42-39-36-32-28-26-23-20-17-14-11-8-5-2/h7-12,15-21,24-28,30-31,35-36,38-39,44-45,47-48,57H,4-6,13-14,22-23,29,32-34,37,40-43,46,49-56H2,1-3H3/b10-7-,11-8-,12-9-,18-15-,19-16-,20-17-,24-21-,27-25-,28-26-,31-30-,38-35-,39-36-,47-44-,48-45-. The molecule has 0 spiro atoms. The molecule has 0 aromatic carbocycles. The predicted molar refractivity (Wildman–Crippen MR) is 283 cm³/mol. The van der Waals surface area contributed by atoms with Gasteiger partial charge < -0.3 is 14.2 Å². The van der Waals surface area contributed by atoms with Crippen molar-refractivity contribution in [3.63, 3.8) is 0 Å². The fourth-order valence-corrected chi connectivity index (χ4v) is 5.87. The molecule has 0 bridgehead atoms. The summed E-state index contributed by atoms with van der Waals surface area (Å²) >= 11 is 0. The summed E-state index contributed by atoms with van der Waals surface area (Å²) in [6.45, 7) is 6.09. The van der Waals surface area contributed by atoms with Crippen LogP contribution in [-0.4, -0.2) is 37.2 Å². The van der Waals surface area contributed by atoms with Crippen molar-refractivity contribution in [2.75, 3.05) is 13.2 Å². The molecule has 0 saturated heterocycles. The normalized spacial score (nSPS) is 13.6. The minimum atomic E-state index is -0.866. The van der Waals surface area contributed by atoms with Gasteiger partial charge in [-0.1, -0.05) is 210 Å². The number of hydrogen-bond acceptors (Lipinski definition) is 6. The van der Waals surface area contributed by atoms with Gasteiger partial charge in [0.1, 0.15) is 13.2 Å². The number of carbonyl (C=O) groups excluding carboxylic acids is 3. The summed E-state index contributed by atoms with van der Waals surface area (Å²) in [7, 11) is 0. The van der Waals surface area contributed by atoms with E-state index in [4.69, 9.17) is 14.2 Å². The lowest BCUT2D eigenvalue weighted by Gasteiger charge is -2.18. The van der Waals surface area contributed by atoms with Crippen LogP contribution < -0.4 is 0 Å². The third kappa shape index (κ3) is 49.8. The van der Waals surface area contributed by atoms with Gasteiger partial charge in [-0.2, -0.15) is 0 Å². The maximum atomic E-state index is 12.8. The average molecular weight is 905 g/mol. The molecule has 0 saturated carbocycles. The molecule has 364 valence electrons. The van der Waals surface area contributed by atoms with E-state index in [0.29, 0.717) is 19.3 Å². The molecule has 1 atom stereocenters. The van der Waals surface area contributed by atoms with Crippen molar-refractivity contribution in [3.8, 4) is 0 Å². The van der Waals surface area contributed by atoms with Crippen molar-refractivity contribution in [3.05, 3.63) is 170 Å². The Morgan fingerprint density at radius 3 is 1.08 bits per heavy atom. The summed E-state index contributed by atoms with van der Waals surface area (Å²) in [5.74, 6) is -1.16. The first kappa shape index (κ1) is 60.8. The second kappa shape index (κ2) is 52.4. The number of allylic oxidation sites excluding steroid dienone is 28. The van der Waals surface area contributed by atoms with Crippen LogP contribution in [0.5, 0.6) is 0 Å². The minimum absolute atomic E-state index is 0.151. The Kier molecular flexibility index (Phi) is 48.2. The summed E-state index contributed by atoms with van der Waals surface area (Å²) in [5, 5.41) is 0. The third-order valence-electron chi connectivity index (χ3n) is 9.54. The van der Waals surface area contributed by atoms with Crippen LogP contribution in [0.25, 0.3) is 0 Å². The molecule has 0 aromatic rings. The highest BCUT2D eigenvalue weighted by Crippen LogP contribution is 2.10. The van der Waals surface area contributed by atoms with Crippen LogP contribution in [-0.2, 0) is 28.6 Å². The van der Waals surface area contributed by atoms with Gasteiger partial charge in [0.15, 0.2) is 6.10 Å². The Bertz CT molecular complexity index is 1600. The van der Waals surface area contributed by atoms with Gasteiger partial charge in [-0.25, -0.2) is 0 Å². The molecule has 0 aliphatic rings. The van der Waals surface area contributed by atoms with Gasteiger partial charge in [0.2, 0.25) is 0 Å². The van der Waals surface area contributed by atoms with Crippen molar-refractivity contribution >= 4 is 17.9 Å². The van der Waals surface area contributed by atoms with E-state index in [2.05, 4.69) is 161 Å². The van der Waals surface area contributed by atoms with Gasteiger partial charge in [-0.15, -0.1) is 0 Å². The Labute approximate surface area is 402 Å². The molecule has 0 aliphatic heterocycles. The fourth-order valence-electron chi connectivity index (χ4n) is 5.87. The third-order valence-corrected chi connectivity index (χ3v) is 9.54. The average Bonchev–Trinajstić information content (AvgIpc) is 3.31. The highest BCUT2D eigenvalue weighted by Gasteiger charge is 2.19. The number of rotatable bonds is 42. The van der Waals surface area contributed by atoms with Gasteiger partial charge in [0, 0.05) is 19.3 Å². The second-order valence-electron chi connectivity index (χ2n) is 15.6. The van der Waals surface area contributed by atoms with Crippen LogP contribution in [0.2, 0.25) is 0 Å². The molecule has 0 aromatic heterocycles. The number of carbonyl (C=O) groups is 3. The molecule has 0 rings (SSSR count). The molecule has 6 heteroatoms. The molecule has 66 heavy (non-hydrogen) atoms. The van der Waals surface area contributed by atoms with Crippen LogP contribution in [0, 0.1) is 0 Å². The van der Waals surface area contributed by atoms with Gasteiger partial charge in [0.25, 0.3) is 0 Å². The van der Waals surface area contributed by atoms with Crippen LogP contribution in [0.1, 0.15) is 168 Å². The Hall–Kier alpha value is -5.23. The number of hydrogen-bond donors (Lipinski definition) is 0. The topological polar surface area (TPSA) is 78.9 Å². The molecule has 6 nitrogen and oxygen atoms in total. The fraction of sp³-hybridized carbons (Fsp3) is 0.483. The smallest absolute Gasteiger partial charge is 0.306 e. The summed E-state index contributed by atoms with van der Waals surface area (Å²) in [6, 6.07) is 0. The summed E-state index contributed by atoms with van der Waals surface area (Å²) in [4.78, 5) is 37.9. The van der Waals surface area contributed by atoms with Crippen molar-refractivity contribution in [2.24, 2.45) is 0 Å². The van der Waals surface area contributed by atoms with Crippen LogP contribution in [0.4, 0.5) is 0 Å². The van der Waals surface area contributed by atoms with E-state index in [1.54, 1.807) is 0 Å². The number of unbranched alkanes of at least 4 members (excludes halogenated alkanes) is 5. The zero-order chi connectivity index (χ0) is 47.9. The number of esters is 3. The van der Waals surface area contributed by atoms with Crippen molar-refractivity contribution in [1.29, 1.82) is 0 Å². The SMILES string of the molecule is CC\C=C/C=C\C=C/CCCCCCCC(=O)OCC(COC(=O)CC/C=C\C/C=C\C/C=C\C/C=C\C/C=C\C/C=C\CC)OC(=O)CC/C=C\C/C=C\C/C=C\C/C=C\C/C=C\CC. The molecular formula is C60H88O6.